The lowest BCUT2D eigenvalue weighted by molar-refractivity contribution is -0.154. The van der Waals surface area contributed by atoms with Gasteiger partial charge in [0, 0.05) is 31.5 Å². The molecule has 1 aromatic heterocycles. The van der Waals surface area contributed by atoms with Crippen LogP contribution in [0, 0.1) is 0 Å². The molecule has 0 radical (unpaired) electrons. The van der Waals surface area contributed by atoms with E-state index in [1.807, 2.05) is 4.90 Å². The van der Waals surface area contributed by atoms with Crippen molar-refractivity contribution in [3.63, 3.8) is 0 Å². The van der Waals surface area contributed by atoms with Gasteiger partial charge < -0.3 is 10.2 Å². The van der Waals surface area contributed by atoms with Crippen molar-refractivity contribution in [3.05, 3.63) is 18.5 Å². The molecule has 0 bridgehead atoms. The number of piperidine rings is 1. The molecule has 5 nitrogen and oxygen atoms in total. The lowest BCUT2D eigenvalue weighted by atomic mass is 10.1. The summed E-state index contributed by atoms with van der Waals surface area (Å²) >= 11 is 0. The van der Waals surface area contributed by atoms with Crippen LogP contribution in [0.15, 0.2) is 18.5 Å². The monoisotopic (exact) mass is 288 g/mol. The molecule has 0 saturated carbocycles. The standard InChI is InChI=1S/C12H15F3N4O/c13-12(14,15)7-10(20)18-9-3-1-6-19(8-9)11-16-4-2-5-17-11/h2,4-5,9H,1,3,6-8H2,(H,18,20). The number of aromatic nitrogens is 2. The summed E-state index contributed by atoms with van der Waals surface area (Å²) in [6.45, 7) is 1.16. The molecule has 110 valence electrons. The molecule has 1 fully saturated rings. The van der Waals surface area contributed by atoms with Crippen LogP contribution >= 0.6 is 0 Å². The van der Waals surface area contributed by atoms with Gasteiger partial charge in [0.2, 0.25) is 11.9 Å². The molecular weight excluding hydrogens is 273 g/mol. The highest BCUT2D eigenvalue weighted by Crippen LogP contribution is 2.20. The van der Waals surface area contributed by atoms with Crippen LogP contribution in [0.1, 0.15) is 19.3 Å². The molecule has 8 heteroatoms. The summed E-state index contributed by atoms with van der Waals surface area (Å²) in [6.07, 6.45) is -1.27. The van der Waals surface area contributed by atoms with Crippen LogP contribution in [0.2, 0.25) is 0 Å². The molecule has 1 atom stereocenters. The second kappa shape index (κ2) is 6.06. The van der Waals surface area contributed by atoms with Gasteiger partial charge in [-0.25, -0.2) is 9.97 Å². The molecule has 0 spiro atoms. The Morgan fingerprint density at radius 3 is 2.75 bits per heavy atom. The van der Waals surface area contributed by atoms with E-state index in [9.17, 15) is 18.0 Å². The number of nitrogens with zero attached hydrogens (tertiary/aromatic N) is 3. The van der Waals surface area contributed by atoms with Crippen LogP contribution in [0.3, 0.4) is 0 Å². The Labute approximate surface area is 114 Å². The van der Waals surface area contributed by atoms with E-state index in [0.717, 1.165) is 13.0 Å². The molecule has 1 amide bonds. The van der Waals surface area contributed by atoms with Gasteiger partial charge in [0.15, 0.2) is 0 Å². The fraction of sp³-hybridized carbons (Fsp3) is 0.583. The van der Waals surface area contributed by atoms with Gasteiger partial charge in [-0.15, -0.1) is 0 Å². The van der Waals surface area contributed by atoms with Crippen LogP contribution in [-0.2, 0) is 4.79 Å². The molecule has 1 unspecified atom stereocenters. The van der Waals surface area contributed by atoms with Gasteiger partial charge in [0.25, 0.3) is 0 Å². The summed E-state index contributed by atoms with van der Waals surface area (Å²) in [4.78, 5) is 21.3. The van der Waals surface area contributed by atoms with Crippen molar-refractivity contribution in [2.24, 2.45) is 0 Å². The van der Waals surface area contributed by atoms with E-state index in [1.54, 1.807) is 18.5 Å². The molecular formula is C12H15F3N4O. The number of hydrogen-bond donors (Lipinski definition) is 1. The quantitative estimate of drug-likeness (QED) is 0.916. The average molecular weight is 288 g/mol. The summed E-state index contributed by atoms with van der Waals surface area (Å²) in [5.74, 6) is -0.458. The van der Waals surface area contributed by atoms with Gasteiger partial charge >= 0.3 is 6.18 Å². The first-order valence-corrected chi connectivity index (χ1v) is 6.32. The van der Waals surface area contributed by atoms with Crippen molar-refractivity contribution in [1.29, 1.82) is 0 Å². The van der Waals surface area contributed by atoms with E-state index >= 15 is 0 Å². The van der Waals surface area contributed by atoms with Crippen molar-refractivity contribution >= 4 is 11.9 Å². The number of amides is 1. The third kappa shape index (κ3) is 4.36. The maximum absolute atomic E-state index is 12.1. The zero-order valence-electron chi connectivity index (χ0n) is 10.7. The highest BCUT2D eigenvalue weighted by atomic mass is 19.4. The van der Waals surface area contributed by atoms with Gasteiger partial charge in [0.05, 0.1) is 0 Å². The maximum atomic E-state index is 12.1. The fourth-order valence-corrected chi connectivity index (χ4v) is 2.19. The lowest BCUT2D eigenvalue weighted by Gasteiger charge is -2.33. The molecule has 1 aliphatic rings. The first kappa shape index (κ1) is 14.5. The van der Waals surface area contributed by atoms with Crippen molar-refractivity contribution in [3.8, 4) is 0 Å². The first-order chi connectivity index (χ1) is 9.44. The number of hydrogen-bond acceptors (Lipinski definition) is 4. The predicted octanol–water partition coefficient (Wildman–Crippen LogP) is 1.51. The van der Waals surface area contributed by atoms with Crippen molar-refractivity contribution in [1.82, 2.24) is 15.3 Å². The number of nitrogens with one attached hydrogen (secondary N) is 1. The Balaban J connectivity index is 1.89. The topological polar surface area (TPSA) is 58.1 Å². The highest BCUT2D eigenvalue weighted by Gasteiger charge is 2.32. The van der Waals surface area contributed by atoms with Gasteiger partial charge in [-0.2, -0.15) is 13.2 Å². The van der Waals surface area contributed by atoms with E-state index < -0.39 is 18.5 Å². The number of carbonyl (C=O) groups excluding carboxylic acids is 1. The van der Waals surface area contributed by atoms with E-state index in [2.05, 4.69) is 15.3 Å². The minimum Gasteiger partial charge on any atom is -0.351 e. The highest BCUT2D eigenvalue weighted by molar-refractivity contribution is 5.77. The number of anilines is 1. The molecule has 0 aromatic carbocycles. The van der Waals surface area contributed by atoms with Crippen molar-refractivity contribution < 1.29 is 18.0 Å². The normalized spacial score (nSPS) is 19.8. The van der Waals surface area contributed by atoms with E-state index in [1.165, 1.54) is 0 Å². The van der Waals surface area contributed by atoms with E-state index in [0.29, 0.717) is 18.9 Å². The summed E-state index contributed by atoms with van der Waals surface area (Å²) < 4.78 is 36.3. The van der Waals surface area contributed by atoms with E-state index in [-0.39, 0.29) is 6.04 Å². The van der Waals surface area contributed by atoms with Crippen molar-refractivity contribution in [2.75, 3.05) is 18.0 Å². The van der Waals surface area contributed by atoms with Gasteiger partial charge in [-0.05, 0) is 18.9 Å². The SMILES string of the molecule is O=C(CC(F)(F)F)NC1CCCN(c2ncccn2)C1. The Kier molecular flexibility index (Phi) is 4.41. The Morgan fingerprint density at radius 1 is 1.40 bits per heavy atom. The predicted molar refractivity (Wildman–Crippen MR) is 66.1 cm³/mol. The minimum absolute atomic E-state index is 0.303. The Bertz CT molecular complexity index is 452. The average Bonchev–Trinajstić information content (AvgIpc) is 2.38. The van der Waals surface area contributed by atoms with Crippen LogP contribution in [0.4, 0.5) is 19.1 Å². The smallest absolute Gasteiger partial charge is 0.351 e. The summed E-state index contributed by atoms with van der Waals surface area (Å²) in [6, 6.07) is 1.39. The van der Waals surface area contributed by atoms with Gasteiger partial charge in [0.1, 0.15) is 6.42 Å². The molecule has 1 N–H and O–H groups in total. The van der Waals surface area contributed by atoms with Crippen molar-refractivity contribution in [2.45, 2.75) is 31.5 Å². The largest absolute Gasteiger partial charge is 0.397 e. The van der Waals surface area contributed by atoms with Crippen LogP contribution in [-0.4, -0.2) is 41.2 Å². The molecule has 2 heterocycles. The summed E-state index contributed by atoms with van der Waals surface area (Å²) in [5.41, 5.74) is 0. The lowest BCUT2D eigenvalue weighted by Crippen LogP contribution is -2.48. The molecule has 0 aliphatic carbocycles. The molecule has 20 heavy (non-hydrogen) atoms. The number of rotatable bonds is 3. The minimum atomic E-state index is -4.47. The van der Waals surface area contributed by atoms with Crippen LogP contribution in [0.25, 0.3) is 0 Å². The zero-order valence-corrected chi connectivity index (χ0v) is 10.7. The molecule has 1 aliphatic heterocycles. The molecule has 1 saturated heterocycles. The molecule has 1 aromatic rings. The first-order valence-electron chi connectivity index (χ1n) is 6.32. The number of halogens is 3. The zero-order chi connectivity index (χ0) is 14.6. The number of alkyl halides is 3. The Hall–Kier alpha value is -1.86. The van der Waals surface area contributed by atoms with Gasteiger partial charge in [-0.1, -0.05) is 0 Å². The second-order valence-corrected chi connectivity index (χ2v) is 4.69. The summed E-state index contributed by atoms with van der Waals surface area (Å²) in [7, 11) is 0. The Morgan fingerprint density at radius 2 is 2.10 bits per heavy atom. The van der Waals surface area contributed by atoms with Crippen LogP contribution in [0.5, 0.6) is 0 Å². The van der Waals surface area contributed by atoms with E-state index in [4.69, 9.17) is 0 Å². The third-order valence-electron chi connectivity index (χ3n) is 2.98. The second-order valence-electron chi connectivity index (χ2n) is 4.69. The van der Waals surface area contributed by atoms with Crippen LogP contribution < -0.4 is 10.2 Å². The maximum Gasteiger partial charge on any atom is 0.397 e. The third-order valence-corrected chi connectivity index (χ3v) is 2.98. The fourth-order valence-electron chi connectivity index (χ4n) is 2.19. The van der Waals surface area contributed by atoms with Gasteiger partial charge in [-0.3, -0.25) is 4.79 Å². The summed E-state index contributed by atoms with van der Waals surface area (Å²) in [5, 5.41) is 2.42. The molecule has 2 rings (SSSR count). The number of carbonyl (C=O) groups is 1.